The molecule has 0 saturated heterocycles. The van der Waals surface area contributed by atoms with Crippen molar-refractivity contribution in [1.82, 2.24) is 0 Å². The first-order valence-corrected chi connectivity index (χ1v) is 6.41. The summed E-state index contributed by atoms with van der Waals surface area (Å²) < 4.78 is 5.13. The van der Waals surface area contributed by atoms with Crippen LogP contribution in [-0.4, -0.2) is 12.9 Å². The molecule has 0 aromatic heterocycles. The highest BCUT2D eigenvalue weighted by atomic mass is 16.5. The number of methoxy groups -OCH3 is 1. The summed E-state index contributed by atoms with van der Waals surface area (Å²) in [5, 5.41) is 0. The number of carbonyl (C=O) groups is 1. The second-order valence-corrected chi connectivity index (χ2v) is 4.85. The molecule has 1 aliphatic carbocycles. The smallest absolute Gasteiger partial charge is 0.140 e. The number of Topliss-reactive ketones (excluding diaryl/α,β-unsaturated/α-hetero) is 1. The average Bonchev–Trinajstić information content (AvgIpc) is 2.39. The fourth-order valence-electron chi connectivity index (χ4n) is 2.63. The molecule has 2 unspecified atom stereocenters. The largest absolute Gasteiger partial charge is 0.497 e. The van der Waals surface area contributed by atoms with Gasteiger partial charge in [-0.2, -0.15) is 0 Å². The SMILES string of the molecule is CCC1CCC(c2ccc(OC)cc2)C(=O)C1. The maximum atomic E-state index is 12.1. The van der Waals surface area contributed by atoms with E-state index in [0.29, 0.717) is 11.7 Å². The Bertz CT molecular complexity index is 380. The maximum Gasteiger partial charge on any atom is 0.140 e. The molecule has 2 nitrogen and oxygen atoms in total. The minimum Gasteiger partial charge on any atom is -0.497 e. The van der Waals surface area contributed by atoms with E-state index in [9.17, 15) is 4.79 Å². The predicted molar refractivity (Wildman–Crippen MR) is 68.4 cm³/mol. The van der Waals surface area contributed by atoms with Gasteiger partial charge in [-0.3, -0.25) is 4.79 Å². The van der Waals surface area contributed by atoms with Crippen LogP contribution >= 0.6 is 0 Å². The monoisotopic (exact) mass is 232 g/mol. The number of carbonyl (C=O) groups excluding carboxylic acids is 1. The van der Waals surface area contributed by atoms with Gasteiger partial charge in [-0.1, -0.05) is 25.5 Å². The van der Waals surface area contributed by atoms with Crippen molar-refractivity contribution in [2.24, 2.45) is 5.92 Å². The molecule has 0 amide bonds. The minimum atomic E-state index is 0.115. The molecule has 2 rings (SSSR count). The molecule has 17 heavy (non-hydrogen) atoms. The lowest BCUT2D eigenvalue weighted by Gasteiger charge is -2.26. The van der Waals surface area contributed by atoms with Crippen LogP contribution < -0.4 is 4.74 Å². The van der Waals surface area contributed by atoms with E-state index in [2.05, 4.69) is 6.92 Å². The van der Waals surface area contributed by atoms with E-state index in [0.717, 1.165) is 30.6 Å². The molecule has 1 saturated carbocycles. The van der Waals surface area contributed by atoms with Crippen molar-refractivity contribution in [2.45, 2.75) is 38.5 Å². The molecule has 0 N–H and O–H groups in total. The molecule has 0 radical (unpaired) electrons. The molecule has 92 valence electrons. The van der Waals surface area contributed by atoms with E-state index in [1.54, 1.807) is 7.11 Å². The standard InChI is InChI=1S/C15H20O2/c1-3-11-4-9-14(15(16)10-11)12-5-7-13(17-2)8-6-12/h5-8,11,14H,3-4,9-10H2,1-2H3. The Labute approximate surface area is 103 Å². The molecule has 0 spiro atoms. The lowest BCUT2D eigenvalue weighted by Crippen LogP contribution is -2.22. The number of benzene rings is 1. The summed E-state index contributed by atoms with van der Waals surface area (Å²) in [6.07, 6.45) is 4.07. The Hall–Kier alpha value is -1.31. The minimum absolute atomic E-state index is 0.115. The zero-order valence-corrected chi connectivity index (χ0v) is 10.6. The quantitative estimate of drug-likeness (QED) is 0.796. The first-order valence-electron chi connectivity index (χ1n) is 6.41. The summed E-state index contributed by atoms with van der Waals surface area (Å²) in [5.74, 6) is 1.98. The van der Waals surface area contributed by atoms with Gasteiger partial charge in [0.25, 0.3) is 0 Å². The summed E-state index contributed by atoms with van der Waals surface area (Å²) in [5.41, 5.74) is 1.14. The molecule has 0 heterocycles. The van der Waals surface area contributed by atoms with Crippen LogP contribution in [0.5, 0.6) is 5.75 Å². The van der Waals surface area contributed by atoms with Gasteiger partial charge < -0.3 is 4.74 Å². The summed E-state index contributed by atoms with van der Waals surface area (Å²) >= 11 is 0. The molecule has 1 aliphatic rings. The Balaban J connectivity index is 2.09. The average molecular weight is 232 g/mol. The lowest BCUT2D eigenvalue weighted by atomic mass is 9.77. The summed E-state index contributed by atoms with van der Waals surface area (Å²) in [7, 11) is 1.66. The van der Waals surface area contributed by atoms with Gasteiger partial charge in [0.1, 0.15) is 11.5 Å². The maximum absolute atomic E-state index is 12.1. The Morgan fingerprint density at radius 1 is 1.24 bits per heavy atom. The van der Waals surface area contributed by atoms with Crippen LogP contribution in [-0.2, 0) is 4.79 Å². The number of hydrogen-bond acceptors (Lipinski definition) is 2. The van der Waals surface area contributed by atoms with Gasteiger partial charge in [0.2, 0.25) is 0 Å². The van der Waals surface area contributed by atoms with Gasteiger partial charge in [-0.25, -0.2) is 0 Å². The van der Waals surface area contributed by atoms with Crippen LogP contribution in [0.15, 0.2) is 24.3 Å². The van der Waals surface area contributed by atoms with Gasteiger partial charge in [-0.15, -0.1) is 0 Å². The topological polar surface area (TPSA) is 26.3 Å². The second-order valence-electron chi connectivity index (χ2n) is 4.85. The molecular weight excluding hydrogens is 212 g/mol. The van der Waals surface area contributed by atoms with E-state index < -0.39 is 0 Å². The fourth-order valence-corrected chi connectivity index (χ4v) is 2.63. The zero-order chi connectivity index (χ0) is 12.3. The third kappa shape index (κ3) is 2.68. The highest BCUT2D eigenvalue weighted by molar-refractivity contribution is 5.86. The normalized spacial score (nSPS) is 24.7. The van der Waals surface area contributed by atoms with E-state index >= 15 is 0 Å². The van der Waals surface area contributed by atoms with Crippen LogP contribution in [0.3, 0.4) is 0 Å². The zero-order valence-electron chi connectivity index (χ0n) is 10.6. The first-order chi connectivity index (χ1) is 8.24. The Kier molecular flexibility index (Phi) is 3.82. The Morgan fingerprint density at radius 2 is 1.94 bits per heavy atom. The summed E-state index contributed by atoms with van der Waals surface area (Å²) in [4.78, 5) is 12.1. The summed E-state index contributed by atoms with van der Waals surface area (Å²) in [6, 6.07) is 7.92. The molecule has 1 aromatic rings. The van der Waals surface area contributed by atoms with Crippen LogP contribution in [0.1, 0.15) is 44.1 Å². The highest BCUT2D eigenvalue weighted by Crippen LogP contribution is 2.34. The fraction of sp³-hybridized carbons (Fsp3) is 0.533. The predicted octanol–water partition coefficient (Wildman–Crippen LogP) is 3.56. The lowest BCUT2D eigenvalue weighted by molar-refractivity contribution is -0.123. The van der Waals surface area contributed by atoms with Crippen molar-refractivity contribution in [3.05, 3.63) is 29.8 Å². The van der Waals surface area contributed by atoms with Crippen LogP contribution in [0, 0.1) is 5.92 Å². The van der Waals surface area contributed by atoms with Crippen molar-refractivity contribution in [2.75, 3.05) is 7.11 Å². The van der Waals surface area contributed by atoms with Gasteiger partial charge in [-0.05, 0) is 36.5 Å². The third-order valence-electron chi connectivity index (χ3n) is 3.84. The first kappa shape index (κ1) is 12.2. The number of rotatable bonds is 3. The molecule has 2 heteroatoms. The number of hydrogen-bond donors (Lipinski definition) is 0. The molecule has 2 atom stereocenters. The molecule has 0 bridgehead atoms. The van der Waals surface area contributed by atoms with Gasteiger partial charge in [0, 0.05) is 12.3 Å². The Morgan fingerprint density at radius 3 is 2.47 bits per heavy atom. The van der Waals surface area contributed by atoms with Crippen molar-refractivity contribution in [3.63, 3.8) is 0 Å². The van der Waals surface area contributed by atoms with Crippen molar-refractivity contribution < 1.29 is 9.53 Å². The van der Waals surface area contributed by atoms with E-state index in [1.807, 2.05) is 24.3 Å². The van der Waals surface area contributed by atoms with Crippen LogP contribution in [0.4, 0.5) is 0 Å². The molecule has 0 aliphatic heterocycles. The molecule has 1 fully saturated rings. The number of ketones is 1. The van der Waals surface area contributed by atoms with E-state index in [4.69, 9.17) is 4.74 Å². The van der Waals surface area contributed by atoms with E-state index in [-0.39, 0.29) is 5.92 Å². The van der Waals surface area contributed by atoms with Crippen molar-refractivity contribution >= 4 is 5.78 Å². The number of ether oxygens (including phenoxy) is 1. The van der Waals surface area contributed by atoms with Crippen molar-refractivity contribution in [1.29, 1.82) is 0 Å². The second kappa shape index (κ2) is 5.35. The molecular formula is C15H20O2. The van der Waals surface area contributed by atoms with Crippen LogP contribution in [0.25, 0.3) is 0 Å². The van der Waals surface area contributed by atoms with Gasteiger partial charge in [0.05, 0.1) is 7.11 Å². The van der Waals surface area contributed by atoms with Crippen molar-refractivity contribution in [3.8, 4) is 5.75 Å². The molecule has 1 aromatic carbocycles. The highest BCUT2D eigenvalue weighted by Gasteiger charge is 2.28. The summed E-state index contributed by atoms with van der Waals surface area (Å²) in [6.45, 7) is 2.17. The van der Waals surface area contributed by atoms with Gasteiger partial charge in [0.15, 0.2) is 0 Å². The van der Waals surface area contributed by atoms with Crippen LogP contribution in [0.2, 0.25) is 0 Å². The van der Waals surface area contributed by atoms with Gasteiger partial charge >= 0.3 is 0 Å². The third-order valence-corrected chi connectivity index (χ3v) is 3.84. The van der Waals surface area contributed by atoms with E-state index in [1.165, 1.54) is 6.42 Å².